The Morgan fingerprint density at radius 2 is 0.951 bits per heavy atom. The van der Waals surface area contributed by atoms with Crippen LogP contribution in [0.5, 0.6) is 17.2 Å². The number of hydrogen-bond donors (Lipinski definition) is 2. The molecule has 27 heteroatoms. The average molecular weight is 1180 g/mol. The molecule has 0 unspecified atom stereocenters. The van der Waals surface area contributed by atoms with Gasteiger partial charge in [0.1, 0.15) is 68.9 Å². The van der Waals surface area contributed by atoms with Gasteiger partial charge >= 0.3 is 36.4 Å². The number of methoxy groups -OCH3 is 3. The number of aliphatic imine (C=N–C) groups is 1. The van der Waals surface area contributed by atoms with Crippen LogP contribution < -0.4 is 14.2 Å². The Labute approximate surface area is 466 Å². The topological polar surface area (TPSA) is 221 Å². The number of halogens is 9. The number of nitrogens with zero attached hydrogens (tertiary/aromatic N) is 6. The van der Waals surface area contributed by atoms with Gasteiger partial charge < -0.3 is 37.6 Å². The standard InChI is InChI=1S/C20H19F3N2O4.C18H15F3N2O4.C17H17F3N2O3S/c1-5-28-19(26)16-17(10(2)3)29-18(25-16)12-6-8-13(27-4)15-11(12)7-9-14(24-15)20(21,22)23;1-8(2)15-14(17(24)25)23-16(27-15)10-4-6-11(26-3)13-9(10)5-7-12(22-13)18(19,20)21;1-3-25-15(23)8-21-12(9-26)10-4-6-13(24-2)16-11(10)5-7-14(22-16)17(18,19)20/h6-10H,5H2,1-4H3;4-8H,1-3H3,(H,24,25);4-7,26H,3,8-9H2,1-2H3. The maximum atomic E-state index is 13.1. The smallest absolute Gasteiger partial charge is 0.433 e. The molecule has 1 N–H and O–H groups in total. The second kappa shape index (κ2) is 26.0. The number of aromatic nitrogens is 5. The van der Waals surface area contributed by atoms with Crippen molar-refractivity contribution >= 4 is 69.0 Å². The molecule has 0 aliphatic carbocycles. The molecule has 0 atom stereocenters. The Hall–Kier alpha value is -8.49. The van der Waals surface area contributed by atoms with Crippen molar-refractivity contribution in [1.82, 2.24) is 24.9 Å². The molecule has 0 spiro atoms. The summed E-state index contributed by atoms with van der Waals surface area (Å²) in [5, 5.41) is 10.4. The Kier molecular flexibility index (Phi) is 19.9. The molecule has 5 aromatic heterocycles. The van der Waals surface area contributed by atoms with E-state index in [4.69, 9.17) is 32.5 Å². The summed E-state index contributed by atoms with van der Waals surface area (Å²) in [5.41, 5.74) is -1.58. The van der Waals surface area contributed by atoms with Crippen LogP contribution >= 0.6 is 12.6 Å². The van der Waals surface area contributed by atoms with Gasteiger partial charge in [0.25, 0.3) is 0 Å². The van der Waals surface area contributed by atoms with Crippen LogP contribution in [-0.2, 0) is 32.8 Å². The highest BCUT2D eigenvalue weighted by Gasteiger charge is 2.36. The lowest BCUT2D eigenvalue weighted by Crippen LogP contribution is -2.13. The Balaban J connectivity index is 0.000000198. The van der Waals surface area contributed by atoms with Crippen LogP contribution in [0.2, 0.25) is 0 Å². The molecule has 0 radical (unpaired) electrons. The molecule has 0 amide bonds. The molecule has 8 aromatic rings. The normalized spacial score (nSPS) is 12.0. The molecule has 0 fully saturated rings. The third-order valence-electron chi connectivity index (χ3n) is 11.6. The van der Waals surface area contributed by atoms with Gasteiger partial charge in [-0.15, -0.1) is 0 Å². The van der Waals surface area contributed by atoms with Crippen LogP contribution in [0.25, 0.3) is 55.6 Å². The number of carboxylic acid groups (broad SMARTS) is 1. The minimum Gasteiger partial charge on any atom is -0.494 e. The second-order valence-corrected chi connectivity index (χ2v) is 18.1. The van der Waals surface area contributed by atoms with Crippen LogP contribution in [-0.4, -0.2) is 100 Å². The van der Waals surface area contributed by atoms with Crippen molar-refractivity contribution in [2.24, 2.45) is 4.99 Å². The first-order chi connectivity index (χ1) is 38.6. The lowest BCUT2D eigenvalue weighted by atomic mass is 10.0. The maximum absolute atomic E-state index is 13.1. The van der Waals surface area contributed by atoms with E-state index < -0.39 is 53.5 Å². The van der Waals surface area contributed by atoms with Gasteiger partial charge in [0, 0.05) is 50.4 Å². The van der Waals surface area contributed by atoms with Crippen molar-refractivity contribution in [2.45, 2.75) is 71.9 Å². The zero-order chi connectivity index (χ0) is 60.6. The fourth-order valence-corrected chi connectivity index (χ4v) is 8.20. The molecule has 8 rings (SSSR count). The SMILES string of the molecule is CCOC(=O)CN=C(CS)c1ccc(OC)c2nc(C(F)(F)F)ccc12.CCOC(=O)c1nc(-c2ccc(OC)c3nc(C(F)(F)F)ccc23)oc1C(C)C.COc1ccc(-c2nc(C(=O)O)c(C(C)C)o2)c2ccc(C(F)(F)F)nc12. The Bertz CT molecular complexity index is 3670. The summed E-state index contributed by atoms with van der Waals surface area (Å²) in [5.74, 6) is -1.45. The number of ether oxygens (including phenoxy) is 5. The first kappa shape index (κ1) is 62.7. The molecular weight excluding hydrogens is 1120 g/mol. The number of aromatic carboxylic acids is 1. The molecular formula is C55H51F9N6O11S. The van der Waals surface area contributed by atoms with Gasteiger partial charge in [-0.1, -0.05) is 27.7 Å². The van der Waals surface area contributed by atoms with Crippen molar-refractivity contribution < 1.29 is 91.5 Å². The van der Waals surface area contributed by atoms with Gasteiger partial charge in [-0.25, -0.2) is 34.5 Å². The molecule has 0 saturated heterocycles. The molecule has 82 heavy (non-hydrogen) atoms. The highest BCUT2D eigenvalue weighted by molar-refractivity contribution is 7.81. The summed E-state index contributed by atoms with van der Waals surface area (Å²) in [6.07, 6.45) is -13.8. The van der Waals surface area contributed by atoms with Gasteiger partial charge in [0.15, 0.2) is 11.4 Å². The minimum atomic E-state index is -4.61. The first-order valence-corrected chi connectivity index (χ1v) is 25.1. The highest BCUT2D eigenvalue weighted by atomic mass is 32.1. The number of carbonyl (C=O) groups is 3. The number of pyridine rings is 3. The summed E-state index contributed by atoms with van der Waals surface area (Å²) in [4.78, 5) is 58.7. The number of benzene rings is 3. The largest absolute Gasteiger partial charge is 0.494 e. The molecule has 0 aliphatic heterocycles. The quantitative estimate of drug-likeness (QED) is 0.0422. The van der Waals surface area contributed by atoms with Crippen molar-refractivity contribution in [1.29, 1.82) is 0 Å². The number of carbonyl (C=O) groups excluding carboxylic acids is 2. The number of oxazole rings is 2. The predicted octanol–water partition coefficient (Wildman–Crippen LogP) is 13.5. The Morgan fingerprint density at radius 1 is 0.561 bits per heavy atom. The van der Waals surface area contributed by atoms with E-state index in [1.807, 2.05) is 13.8 Å². The summed E-state index contributed by atoms with van der Waals surface area (Å²) >= 11 is 4.21. The number of fused-ring (bicyclic) bond motifs is 3. The summed E-state index contributed by atoms with van der Waals surface area (Å²) in [6.45, 7) is 10.7. The van der Waals surface area contributed by atoms with Crippen LogP contribution in [0.15, 0.2) is 86.6 Å². The van der Waals surface area contributed by atoms with Crippen molar-refractivity contribution in [3.05, 3.63) is 118 Å². The third-order valence-corrected chi connectivity index (χ3v) is 11.9. The first-order valence-electron chi connectivity index (χ1n) is 24.5. The van der Waals surface area contributed by atoms with E-state index in [0.29, 0.717) is 44.3 Å². The summed E-state index contributed by atoms with van der Waals surface area (Å²) < 4.78 is 154. The van der Waals surface area contributed by atoms with Gasteiger partial charge in [0.05, 0.1) is 40.3 Å². The van der Waals surface area contributed by atoms with Crippen molar-refractivity contribution in [2.75, 3.05) is 46.8 Å². The van der Waals surface area contributed by atoms with E-state index in [9.17, 15) is 59.0 Å². The summed E-state index contributed by atoms with van der Waals surface area (Å²) in [6, 6.07) is 15.7. The van der Waals surface area contributed by atoms with Crippen LogP contribution in [0, 0.1) is 0 Å². The van der Waals surface area contributed by atoms with Gasteiger partial charge in [-0.3, -0.25) is 9.79 Å². The van der Waals surface area contributed by atoms with Crippen LogP contribution in [0.1, 0.15) is 109 Å². The average Bonchev–Trinajstić information content (AvgIpc) is 3.60. The zero-order valence-corrected chi connectivity index (χ0v) is 45.9. The number of esters is 2. The molecule has 3 aromatic carbocycles. The molecule has 5 heterocycles. The van der Waals surface area contributed by atoms with Gasteiger partial charge in [-0.2, -0.15) is 52.1 Å². The fourth-order valence-electron chi connectivity index (χ4n) is 7.93. The van der Waals surface area contributed by atoms with E-state index in [2.05, 4.69) is 42.5 Å². The van der Waals surface area contributed by atoms with Crippen LogP contribution in [0.4, 0.5) is 39.5 Å². The van der Waals surface area contributed by atoms with Crippen molar-refractivity contribution in [3.8, 4) is 40.2 Å². The van der Waals surface area contributed by atoms with Gasteiger partial charge in [0.2, 0.25) is 11.8 Å². The molecule has 0 saturated carbocycles. The molecule has 0 aliphatic rings. The number of alkyl halides is 9. The lowest BCUT2D eigenvalue weighted by molar-refractivity contribution is -0.142. The van der Waals surface area contributed by atoms with E-state index in [0.717, 1.165) is 18.2 Å². The highest BCUT2D eigenvalue weighted by Crippen LogP contribution is 2.40. The number of carboxylic acids is 1. The van der Waals surface area contributed by atoms with E-state index in [1.54, 1.807) is 39.8 Å². The monoisotopic (exact) mass is 1170 g/mol. The van der Waals surface area contributed by atoms with Crippen LogP contribution in [0.3, 0.4) is 0 Å². The maximum Gasteiger partial charge on any atom is 0.433 e. The lowest BCUT2D eigenvalue weighted by Gasteiger charge is -2.13. The number of rotatable bonds is 15. The molecule has 436 valence electrons. The van der Waals surface area contributed by atoms with E-state index >= 15 is 0 Å². The zero-order valence-electron chi connectivity index (χ0n) is 45.0. The van der Waals surface area contributed by atoms with E-state index in [1.165, 1.54) is 63.8 Å². The summed E-state index contributed by atoms with van der Waals surface area (Å²) in [7, 11) is 4.02. The van der Waals surface area contributed by atoms with E-state index in [-0.39, 0.29) is 100 Å². The molecule has 17 nitrogen and oxygen atoms in total. The molecule has 0 bridgehead atoms. The fraction of sp³-hybridized carbons (Fsp3) is 0.327. The van der Waals surface area contributed by atoms with Gasteiger partial charge in [-0.05, 0) is 86.6 Å². The third kappa shape index (κ3) is 14.1. The second-order valence-electron chi connectivity index (χ2n) is 17.7. The van der Waals surface area contributed by atoms with Crippen molar-refractivity contribution in [3.63, 3.8) is 0 Å². The minimum absolute atomic E-state index is 0.00897. The Morgan fingerprint density at radius 3 is 1.32 bits per heavy atom. The number of hydrogen-bond acceptors (Lipinski definition) is 17. The predicted molar refractivity (Wildman–Crippen MR) is 284 cm³/mol. The number of thiol groups is 1.